The maximum Gasteiger partial charge on any atom is 0.271 e. The molecular weight excluding hydrogens is 466 g/mol. The molecule has 5 rings (SSSR count). The molecule has 1 N–H and O–H groups in total. The van der Waals surface area contributed by atoms with Crippen molar-refractivity contribution in [2.24, 2.45) is 0 Å². The first-order valence-electron chi connectivity index (χ1n) is 12.4. The van der Waals surface area contributed by atoms with Gasteiger partial charge >= 0.3 is 0 Å². The quantitative estimate of drug-likeness (QED) is 0.391. The van der Waals surface area contributed by atoms with Crippen LogP contribution in [0.5, 0.6) is 11.5 Å². The fraction of sp³-hybridized carbons (Fsp3) is 0.267. The Labute approximate surface area is 216 Å². The summed E-state index contributed by atoms with van der Waals surface area (Å²) >= 11 is 0. The second kappa shape index (κ2) is 10.0. The number of carbonyl (C=O) groups excluding carboxylic acids is 2. The van der Waals surface area contributed by atoms with Crippen LogP contribution < -0.4 is 14.8 Å². The van der Waals surface area contributed by atoms with Gasteiger partial charge in [0.15, 0.2) is 0 Å². The van der Waals surface area contributed by atoms with Crippen molar-refractivity contribution in [2.75, 3.05) is 20.8 Å². The molecule has 4 aromatic rings. The molecule has 2 amide bonds. The van der Waals surface area contributed by atoms with Crippen molar-refractivity contribution in [2.45, 2.75) is 32.0 Å². The number of rotatable bonds is 8. The number of carbonyl (C=O) groups is 2. The predicted octanol–water partition coefficient (Wildman–Crippen LogP) is 4.43. The Bertz CT molecular complexity index is 1450. The number of amides is 2. The molecular formula is C30H31N3O4. The summed E-state index contributed by atoms with van der Waals surface area (Å²) in [6.07, 6.45) is 0.528. The Morgan fingerprint density at radius 3 is 2.49 bits per heavy atom. The third-order valence-electron chi connectivity index (χ3n) is 7.22. The second-order valence-corrected chi connectivity index (χ2v) is 9.50. The van der Waals surface area contributed by atoms with Gasteiger partial charge in [0.05, 0.1) is 20.8 Å². The van der Waals surface area contributed by atoms with Gasteiger partial charge in [-0.25, -0.2) is 0 Å². The van der Waals surface area contributed by atoms with Gasteiger partial charge < -0.3 is 24.3 Å². The van der Waals surface area contributed by atoms with Crippen molar-refractivity contribution in [3.05, 3.63) is 95.7 Å². The molecule has 0 saturated heterocycles. The summed E-state index contributed by atoms with van der Waals surface area (Å²) in [6, 6.07) is 25.2. The number of hydrogen-bond acceptors (Lipinski definition) is 4. The molecule has 0 saturated carbocycles. The Morgan fingerprint density at radius 2 is 1.73 bits per heavy atom. The summed E-state index contributed by atoms with van der Waals surface area (Å²) in [4.78, 5) is 29.4. The minimum atomic E-state index is -1.08. The molecule has 1 aromatic heterocycles. The van der Waals surface area contributed by atoms with E-state index in [1.54, 1.807) is 19.1 Å². The lowest BCUT2D eigenvalue weighted by Gasteiger charge is -2.44. The molecule has 3 aromatic carbocycles. The van der Waals surface area contributed by atoms with Crippen molar-refractivity contribution >= 4 is 22.7 Å². The zero-order chi connectivity index (χ0) is 26.0. The van der Waals surface area contributed by atoms with Gasteiger partial charge in [0.25, 0.3) is 5.91 Å². The van der Waals surface area contributed by atoms with Crippen molar-refractivity contribution in [3.63, 3.8) is 0 Å². The summed E-state index contributed by atoms with van der Waals surface area (Å²) in [5, 5.41) is 4.06. The van der Waals surface area contributed by atoms with Crippen LogP contribution in [0.2, 0.25) is 0 Å². The molecule has 7 heteroatoms. The minimum absolute atomic E-state index is 0.160. The molecule has 0 aliphatic carbocycles. The number of benzene rings is 3. The molecule has 0 unspecified atom stereocenters. The summed E-state index contributed by atoms with van der Waals surface area (Å²) in [7, 11) is 3.23. The number of ether oxygens (including phenoxy) is 2. The van der Waals surface area contributed by atoms with E-state index in [4.69, 9.17) is 9.47 Å². The molecule has 0 radical (unpaired) electrons. The van der Waals surface area contributed by atoms with Crippen LogP contribution in [-0.2, 0) is 24.3 Å². The van der Waals surface area contributed by atoms with Crippen LogP contribution in [0.4, 0.5) is 0 Å². The predicted molar refractivity (Wildman–Crippen MR) is 143 cm³/mol. The van der Waals surface area contributed by atoms with E-state index in [1.165, 1.54) is 0 Å². The number of hydrogen-bond donors (Lipinski definition) is 1. The smallest absolute Gasteiger partial charge is 0.271 e. The molecule has 1 atom stereocenters. The van der Waals surface area contributed by atoms with E-state index in [9.17, 15) is 9.59 Å². The number of aromatic nitrogens is 1. The highest BCUT2D eigenvalue weighted by molar-refractivity contribution is 6.03. The first kappa shape index (κ1) is 24.4. The van der Waals surface area contributed by atoms with Gasteiger partial charge in [0.1, 0.15) is 22.7 Å². The summed E-state index contributed by atoms with van der Waals surface area (Å²) < 4.78 is 12.9. The van der Waals surface area contributed by atoms with E-state index < -0.39 is 5.54 Å². The van der Waals surface area contributed by atoms with E-state index in [1.807, 2.05) is 90.4 Å². The van der Waals surface area contributed by atoms with Crippen LogP contribution in [-0.4, -0.2) is 47.6 Å². The third kappa shape index (κ3) is 4.53. The highest BCUT2D eigenvalue weighted by Crippen LogP contribution is 2.33. The van der Waals surface area contributed by atoms with E-state index in [0.29, 0.717) is 43.2 Å². The molecule has 7 nitrogen and oxygen atoms in total. The minimum Gasteiger partial charge on any atom is -0.497 e. The molecule has 37 heavy (non-hydrogen) atoms. The molecule has 0 spiro atoms. The van der Waals surface area contributed by atoms with Gasteiger partial charge in [-0.2, -0.15) is 0 Å². The Balaban J connectivity index is 1.48. The maximum absolute atomic E-state index is 13.9. The fourth-order valence-electron chi connectivity index (χ4n) is 5.12. The molecule has 0 fully saturated rings. The molecule has 1 aliphatic heterocycles. The number of nitrogens with one attached hydrogen (secondary N) is 1. The van der Waals surface area contributed by atoms with Gasteiger partial charge in [-0.1, -0.05) is 54.6 Å². The fourth-order valence-corrected chi connectivity index (χ4v) is 5.12. The number of para-hydroxylation sites is 1. The molecule has 1 aliphatic rings. The van der Waals surface area contributed by atoms with Crippen LogP contribution in [0.3, 0.4) is 0 Å². The average molecular weight is 498 g/mol. The highest BCUT2D eigenvalue weighted by atomic mass is 16.5. The number of nitrogens with zero attached hydrogens (tertiary/aromatic N) is 2. The van der Waals surface area contributed by atoms with Crippen molar-refractivity contribution in [3.8, 4) is 11.5 Å². The summed E-state index contributed by atoms with van der Waals surface area (Å²) in [6.45, 7) is 2.97. The summed E-state index contributed by atoms with van der Waals surface area (Å²) in [5.74, 6) is 1.04. The standard InChI is InChI=1S/C30H31N3O4/c1-30(29(35)31-19-21-9-5-4-6-10-21)20-32-25-12-8-7-11-23(25)17-26(32)28(34)33(30)16-15-22-13-14-24(36-2)18-27(22)37-3/h4-14,17-18H,15-16,19-20H2,1-3H3,(H,31,35)/t30-/m1/s1. The lowest BCUT2D eigenvalue weighted by Crippen LogP contribution is -2.64. The van der Waals surface area contributed by atoms with E-state index >= 15 is 0 Å². The number of methoxy groups -OCH3 is 2. The van der Waals surface area contributed by atoms with Gasteiger partial charge in [0.2, 0.25) is 5.91 Å². The monoisotopic (exact) mass is 497 g/mol. The third-order valence-corrected chi connectivity index (χ3v) is 7.22. The Kier molecular flexibility index (Phi) is 6.61. The van der Waals surface area contributed by atoms with E-state index in [0.717, 1.165) is 22.0 Å². The van der Waals surface area contributed by atoms with Gasteiger partial charge in [0, 0.05) is 30.1 Å². The molecule has 190 valence electrons. The van der Waals surface area contributed by atoms with Crippen molar-refractivity contribution < 1.29 is 19.1 Å². The van der Waals surface area contributed by atoms with Crippen LogP contribution in [0.25, 0.3) is 10.9 Å². The topological polar surface area (TPSA) is 72.8 Å². The number of fused-ring (bicyclic) bond motifs is 3. The lowest BCUT2D eigenvalue weighted by atomic mass is 9.93. The van der Waals surface area contributed by atoms with Crippen molar-refractivity contribution in [1.29, 1.82) is 0 Å². The average Bonchev–Trinajstić information content (AvgIpc) is 3.30. The van der Waals surface area contributed by atoms with Crippen LogP contribution in [0, 0.1) is 0 Å². The lowest BCUT2D eigenvalue weighted by molar-refractivity contribution is -0.133. The normalized spacial score (nSPS) is 16.9. The first-order chi connectivity index (χ1) is 17.9. The van der Waals surface area contributed by atoms with Crippen molar-refractivity contribution in [1.82, 2.24) is 14.8 Å². The highest BCUT2D eigenvalue weighted by Gasteiger charge is 2.47. The molecule has 0 bridgehead atoms. The largest absolute Gasteiger partial charge is 0.497 e. The van der Waals surface area contributed by atoms with Gasteiger partial charge in [-0.05, 0) is 42.7 Å². The van der Waals surface area contributed by atoms with Crippen LogP contribution >= 0.6 is 0 Å². The maximum atomic E-state index is 13.9. The van der Waals surface area contributed by atoms with Crippen LogP contribution in [0.15, 0.2) is 78.9 Å². The van der Waals surface area contributed by atoms with Crippen LogP contribution in [0.1, 0.15) is 28.5 Å². The van der Waals surface area contributed by atoms with Gasteiger partial charge in [-0.3, -0.25) is 9.59 Å². The SMILES string of the molecule is COc1ccc(CCN2C(=O)c3cc4ccccc4n3C[C@]2(C)C(=O)NCc2ccccc2)c(OC)c1. The molecule has 2 heterocycles. The Hall–Kier alpha value is -4.26. The van der Waals surface area contributed by atoms with E-state index in [-0.39, 0.29) is 11.8 Å². The summed E-state index contributed by atoms with van der Waals surface area (Å²) in [5.41, 5.74) is 2.40. The van der Waals surface area contributed by atoms with Gasteiger partial charge in [-0.15, -0.1) is 0 Å². The zero-order valence-corrected chi connectivity index (χ0v) is 21.4. The first-order valence-corrected chi connectivity index (χ1v) is 12.4. The Morgan fingerprint density at radius 1 is 0.973 bits per heavy atom. The van der Waals surface area contributed by atoms with E-state index in [2.05, 4.69) is 5.32 Å². The second-order valence-electron chi connectivity index (χ2n) is 9.50. The zero-order valence-electron chi connectivity index (χ0n) is 21.4.